The zero-order valence-electron chi connectivity index (χ0n) is 42.1. The Balaban J connectivity index is 1.05. The number of hydrogen-bond acceptors (Lipinski definition) is 7. The van der Waals surface area contributed by atoms with Gasteiger partial charge >= 0.3 is 0 Å². The van der Waals surface area contributed by atoms with Crippen molar-refractivity contribution in [2.45, 2.75) is 83.9 Å². The van der Waals surface area contributed by atoms with E-state index in [1.54, 1.807) is 11.3 Å². The summed E-state index contributed by atoms with van der Waals surface area (Å²) >= 11 is 1.63. The molecule has 8 rings (SSSR count). The van der Waals surface area contributed by atoms with Gasteiger partial charge in [0.05, 0.1) is 4.88 Å². The number of anilines is 1. The van der Waals surface area contributed by atoms with Gasteiger partial charge in [0.1, 0.15) is 25.6 Å². The molecule has 1 aliphatic heterocycles. The van der Waals surface area contributed by atoms with Crippen molar-refractivity contribution in [3.05, 3.63) is 191 Å². The largest absolute Gasteiger partial charge is 0.488 e. The predicted octanol–water partition coefficient (Wildman–Crippen LogP) is 12.8. The predicted molar refractivity (Wildman–Crippen MR) is 299 cm³/mol. The highest BCUT2D eigenvalue weighted by atomic mass is 32.1. The van der Waals surface area contributed by atoms with E-state index in [1.165, 1.54) is 20.7 Å². The third-order valence-corrected chi connectivity index (χ3v) is 24.4. The molecule has 9 heteroatoms. The van der Waals surface area contributed by atoms with E-state index in [-0.39, 0.29) is 10.1 Å². The van der Waals surface area contributed by atoms with Crippen molar-refractivity contribution in [3.63, 3.8) is 0 Å². The van der Waals surface area contributed by atoms with Crippen molar-refractivity contribution in [2.75, 3.05) is 44.4 Å². The maximum atomic E-state index is 7.36. The summed E-state index contributed by atoms with van der Waals surface area (Å²) in [6.07, 6.45) is 8.09. The van der Waals surface area contributed by atoms with E-state index in [1.807, 2.05) is 11.4 Å². The molecular formula is C61H71NO5SSi2. The van der Waals surface area contributed by atoms with Crippen LogP contribution in [0.15, 0.2) is 175 Å². The molecule has 0 bridgehead atoms. The number of fused-ring (bicyclic) bond motifs is 1. The topological polar surface area (TPSA) is 49.4 Å². The van der Waals surface area contributed by atoms with Crippen molar-refractivity contribution in [2.24, 2.45) is 0 Å². The van der Waals surface area contributed by atoms with Crippen molar-refractivity contribution in [3.8, 4) is 17.2 Å². The third kappa shape index (κ3) is 11.7. The molecule has 6 aromatic carbocycles. The summed E-state index contributed by atoms with van der Waals surface area (Å²) < 4.78 is 33.3. The Bertz CT molecular complexity index is 2510. The SMILES string of the molecule is CC(C)(C)[Si](OCCCCN(CCCCO[Si](c1ccccc1)(c1ccccc1)C(C)(C)C)c1ccc(C=Cc2scc3c2OCCO3)c(OCc2ccccc2)c1)(c1ccccc1)c1ccccc1. The van der Waals surface area contributed by atoms with Crippen LogP contribution in [0.1, 0.15) is 83.2 Å². The Hall–Kier alpha value is -5.69. The van der Waals surface area contributed by atoms with Crippen LogP contribution in [0.3, 0.4) is 0 Å². The van der Waals surface area contributed by atoms with Crippen LogP contribution in [-0.4, -0.2) is 56.2 Å². The Kier molecular flexibility index (Phi) is 17.0. The van der Waals surface area contributed by atoms with Gasteiger partial charge in [-0.2, -0.15) is 0 Å². The minimum absolute atomic E-state index is 0.0751. The summed E-state index contributed by atoms with van der Waals surface area (Å²) in [6, 6.07) is 61.0. The lowest BCUT2D eigenvalue weighted by Crippen LogP contribution is -2.66. The molecule has 6 nitrogen and oxygen atoms in total. The zero-order chi connectivity index (χ0) is 48.9. The first-order valence-corrected chi connectivity index (χ1v) is 29.8. The molecule has 0 fully saturated rings. The Morgan fingerprint density at radius 2 is 1.00 bits per heavy atom. The maximum Gasteiger partial charge on any atom is 0.261 e. The van der Waals surface area contributed by atoms with Crippen LogP contribution in [0, 0.1) is 0 Å². The molecule has 0 unspecified atom stereocenters. The van der Waals surface area contributed by atoms with Gasteiger partial charge in [-0.15, -0.1) is 11.3 Å². The lowest BCUT2D eigenvalue weighted by molar-refractivity contribution is 0.173. The highest BCUT2D eigenvalue weighted by Gasteiger charge is 2.51. The summed E-state index contributed by atoms with van der Waals surface area (Å²) in [6.45, 7) is 18.8. The van der Waals surface area contributed by atoms with Crippen LogP contribution < -0.4 is 39.9 Å². The van der Waals surface area contributed by atoms with E-state index in [2.05, 4.69) is 222 Å². The van der Waals surface area contributed by atoms with Crippen LogP contribution in [0.4, 0.5) is 5.69 Å². The van der Waals surface area contributed by atoms with Gasteiger partial charge in [0.2, 0.25) is 0 Å². The average Bonchev–Trinajstić information content (AvgIpc) is 3.80. The second-order valence-corrected chi connectivity index (χ2v) is 29.8. The quantitative estimate of drug-likeness (QED) is 0.0498. The fraction of sp³-hybridized carbons (Fsp3) is 0.311. The number of unbranched alkanes of at least 4 members (excludes halogenated alkanes) is 2. The molecule has 364 valence electrons. The summed E-state index contributed by atoms with van der Waals surface area (Å²) in [5, 5.41) is 7.13. The fourth-order valence-corrected chi connectivity index (χ4v) is 20.1. The minimum Gasteiger partial charge on any atom is -0.488 e. The second-order valence-electron chi connectivity index (χ2n) is 20.2. The molecule has 0 N–H and O–H groups in total. The first kappa shape index (κ1) is 50.7. The molecule has 1 aromatic heterocycles. The number of ether oxygens (including phenoxy) is 3. The van der Waals surface area contributed by atoms with E-state index in [0.29, 0.717) is 33.0 Å². The molecule has 2 heterocycles. The average molecular weight is 986 g/mol. The van der Waals surface area contributed by atoms with Crippen molar-refractivity contribution in [1.82, 2.24) is 0 Å². The lowest BCUT2D eigenvalue weighted by atomic mass is 10.1. The summed E-state index contributed by atoms with van der Waals surface area (Å²) in [4.78, 5) is 3.59. The first-order chi connectivity index (χ1) is 34.0. The van der Waals surface area contributed by atoms with Crippen molar-refractivity contribution < 1.29 is 23.1 Å². The van der Waals surface area contributed by atoms with Crippen LogP contribution in [0.2, 0.25) is 10.1 Å². The van der Waals surface area contributed by atoms with E-state index in [0.717, 1.165) is 77.7 Å². The number of nitrogens with zero attached hydrogens (tertiary/aromatic N) is 1. The lowest BCUT2D eigenvalue weighted by Gasteiger charge is -2.43. The molecule has 7 aromatic rings. The number of hydrogen-bond donors (Lipinski definition) is 0. The van der Waals surface area contributed by atoms with Gasteiger partial charge in [-0.3, -0.25) is 0 Å². The summed E-state index contributed by atoms with van der Waals surface area (Å²) in [7, 11) is -5.30. The first-order valence-electron chi connectivity index (χ1n) is 25.1. The summed E-state index contributed by atoms with van der Waals surface area (Å²) in [5.74, 6) is 2.48. The molecule has 0 saturated heterocycles. The fourth-order valence-electron chi connectivity index (χ4n) is 10.0. The molecule has 0 radical (unpaired) electrons. The van der Waals surface area contributed by atoms with Gasteiger partial charge in [-0.1, -0.05) is 193 Å². The normalized spacial score (nSPS) is 13.1. The smallest absolute Gasteiger partial charge is 0.261 e. The molecule has 0 aliphatic carbocycles. The van der Waals surface area contributed by atoms with E-state index < -0.39 is 16.6 Å². The molecule has 1 aliphatic rings. The monoisotopic (exact) mass is 985 g/mol. The van der Waals surface area contributed by atoms with E-state index in [9.17, 15) is 0 Å². The van der Waals surface area contributed by atoms with Gasteiger partial charge in [-0.25, -0.2) is 0 Å². The van der Waals surface area contributed by atoms with E-state index >= 15 is 0 Å². The Morgan fingerprint density at radius 1 is 0.543 bits per heavy atom. The second kappa shape index (κ2) is 23.5. The third-order valence-electron chi connectivity index (χ3n) is 13.5. The van der Waals surface area contributed by atoms with Gasteiger partial charge in [0.15, 0.2) is 11.5 Å². The van der Waals surface area contributed by atoms with Crippen LogP contribution in [0.25, 0.3) is 12.2 Å². The zero-order valence-corrected chi connectivity index (χ0v) is 44.9. The van der Waals surface area contributed by atoms with Gasteiger partial charge in [0, 0.05) is 49.0 Å². The van der Waals surface area contributed by atoms with Crippen LogP contribution in [-0.2, 0) is 15.5 Å². The molecule has 0 spiro atoms. The number of rotatable bonds is 22. The van der Waals surface area contributed by atoms with Crippen LogP contribution >= 0.6 is 11.3 Å². The maximum absolute atomic E-state index is 7.36. The van der Waals surface area contributed by atoms with Crippen LogP contribution in [0.5, 0.6) is 17.2 Å². The summed E-state index contributed by atoms with van der Waals surface area (Å²) in [5.41, 5.74) is 3.28. The highest BCUT2D eigenvalue weighted by Crippen LogP contribution is 2.42. The number of benzene rings is 6. The van der Waals surface area contributed by atoms with Gasteiger partial charge < -0.3 is 28.0 Å². The molecule has 0 atom stereocenters. The Morgan fingerprint density at radius 3 is 1.47 bits per heavy atom. The number of thiophene rings is 1. The van der Waals surface area contributed by atoms with E-state index in [4.69, 9.17) is 23.1 Å². The molecular weight excluding hydrogens is 915 g/mol. The van der Waals surface area contributed by atoms with Crippen molar-refractivity contribution >= 4 is 66.6 Å². The molecule has 70 heavy (non-hydrogen) atoms. The van der Waals surface area contributed by atoms with Gasteiger partial charge in [0.25, 0.3) is 16.6 Å². The standard InChI is InChI=1S/C61H71NO5SSi2/c1-60(2,3)69(52-28-14-8-15-29-52,53-30-16-9-17-31-53)66-42-24-22-40-62(41-23-25-43-67-70(61(4,5)6,54-32-18-10-19-33-54)55-34-20-11-21-35-55)51-38-36-50(56(46-51)65-47-49-26-12-7-13-27-49)37-39-58-59-57(48-68-58)63-44-45-64-59/h7-21,26-39,46,48H,22-25,40-45,47H2,1-6H3. The van der Waals surface area contributed by atoms with Gasteiger partial charge in [-0.05, 0) is 86.4 Å². The highest BCUT2D eigenvalue weighted by molar-refractivity contribution is 7.11. The molecule has 0 saturated carbocycles. The minimum atomic E-state index is -2.65. The molecule has 0 amide bonds. The Labute approximate surface area is 424 Å². The van der Waals surface area contributed by atoms with Crippen molar-refractivity contribution in [1.29, 1.82) is 0 Å².